The largest absolute Gasteiger partial charge is 0.458 e. The fraction of sp³-hybridized carbons (Fsp3) is 0.885. The Morgan fingerprint density at radius 3 is 2.27 bits per heavy atom. The Morgan fingerprint density at radius 2 is 1.67 bits per heavy atom. The molecule has 4 rings (SSSR count). The van der Waals surface area contributed by atoms with Crippen molar-refractivity contribution >= 4 is 5.97 Å². The summed E-state index contributed by atoms with van der Waals surface area (Å²) in [6, 6.07) is 0. The number of fused-ring (bicyclic) bond motifs is 5. The second-order valence-corrected chi connectivity index (χ2v) is 12.0. The Balaban J connectivity index is 1.79. The average molecular weight is 419 g/mol. The predicted octanol–water partition coefficient (Wildman–Crippen LogP) is 4.87. The molecule has 4 aliphatic carbocycles. The van der Waals surface area contributed by atoms with Gasteiger partial charge in [-0.05, 0) is 97.9 Å². The molecule has 4 aliphatic rings. The summed E-state index contributed by atoms with van der Waals surface area (Å²) in [5.41, 5.74) is 2.52. The van der Waals surface area contributed by atoms with Crippen LogP contribution in [-0.2, 0) is 9.53 Å². The molecule has 4 fully saturated rings. The van der Waals surface area contributed by atoms with Crippen LogP contribution in [0.1, 0.15) is 87.0 Å². The van der Waals surface area contributed by atoms with Crippen LogP contribution in [0.25, 0.3) is 0 Å². The lowest BCUT2D eigenvalue weighted by Crippen LogP contribution is -2.65. The highest BCUT2D eigenvalue weighted by atomic mass is 16.5. The van der Waals surface area contributed by atoms with Crippen molar-refractivity contribution in [3.8, 4) is 0 Å². The Hall–Kier alpha value is -0.870. The maximum absolute atomic E-state index is 11.9. The molecule has 0 bridgehead atoms. The van der Waals surface area contributed by atoms with Crippen molar-refractivity contribution in [1.82, 2.24) is 0 Å². The first-order valence-corrected chi connectivity index (χ1v) is 12.1. The van der Waals surface area contributed by atoms with Crippen LogP contribution in [0.4, 0.5) is 0 Å². The van der Waals surface area contributed by atoms with Gasteiger partial charge >= 0.3 is 5.97 Å². The molecule has 4 saturated carbocycles. The van der Waals surface area contributed by atoms with Crippen LogP contribution >= 0.6 is 0 Å². The van der Waals surface area contributed by atoms with Gasteiger partial charge < -0.3 is 14.9 Å². The third kappa shape index (κ3) is 2.81. The van der Waals surface area contributed by atoms with Crippen LogP contribution in [0.2, 0.25) is 0 Å². The smallest absolute Gasteiger partial charge is 0.303 e. The summed E-state index contributed by atoms with van der Waals surface area (Å²) in [7, 11) is 0. The molecule has 4 nitrogen and oxygen atoms in total. The molecule has 0 aromatic heterocycles. The van der Waals surface area contributed by atoms with Crippen molar-refractivity contribution in [2.75, 3.05) is 0 Å². The summed E-state index contributed by atoms with van der Waals surface area (Å²) in [5.74, 6) is 1.01. The van der Waals surface area contributed by atoms with Crippen molar-refractivity contribution in [3.63, 3.8) is 0 Å². The predicted molar refractivity (Wildman–Crippen MR) is 118 cm³/mol. The number of aliphatic hydroxyl groups is 2. The second kappa shape index (κ2) is 7.07. The number of ether oxygens (including phenoxy) is 1. The molecule has 0 aliphatic heterocycles. The molecular formula is C26H42O4. The monoisotopic (exact) mass is 418 g/mol. The van der Waals surface area contributed by atoms with E-state index < -0.39 is 0 Å². The average Bonchev–Trinajstić information content (AvgIpc) is 2.90. The van der Waals surface area contributed by atoms with Crippen molar-refractivity contribution in [3.05, 3.63) is 11.1 Å². The summed E-state index contributed by atoms with van der Waals surface area (Å²) in [6.45, 7) is 15.2. The van der Waals surface area contributed by atoms with E-state index in [2.05, 4.69) is 41.5 Å². The highest BCUT2D eigenvalue weighted by molar-refractivity contribution is 5.66. The summed E-state index contributed by atoms with van der Waals surface area (Å²) < 4.78 is 5.85. The van der Waals surface area contributed by atoms with Crippen molar-refractivity contribution in [2.24, 2.45) is 39.9 Å². The van der Waals surface area contributed by atoms with Gasteiger partial charge in [0.1, 0.15) is 6.10 Å². The van der Waals surface area contributed by atoms with Crippen LogP contribution in [0.3, 0.4) is 0 Å². The minimum Gasteiger partial charge on any atom is -0.458 e. The topological polar surface area (TPSA) is 66.8 Å². The van der Waals surface area contributed by atoms with Gasteiger partial charge in [0.2, 0.25) is 0 Å². The van der Waals surface area contributed by atoms with Gasteiger partial charge in [0, 0.05) is 6.92 Å². The molecule has 0 saturated heterocycles. The van der Waals surface area contributed by atoms with E-state index in [9.17, 15) is 15.0 Å². The SMILES string of the molecule is CC(=O)O[C@H]1C[C@@]2(C)C(C[C@@H](O)C3[C@@]4(C)CC[C@@H](O)[C@@H](C)C4CC[C@@]32C)C1=C(C)C. The first-order valence-electron chi connectivity index (χ1n) is 12.1. The maximum atomic E-state index is 11.9. The first kappa shape index (κ1) is 22.3. The molecule has 10 atom stereocenters. The van der Waals surface area contributed by atoms with Crippen LogP contribution in [-0.4, -0.2) is 34.5 Å². The van der Waals surface area contributed by atoms with Gasteiger partial charge in [0.05, 0.1) is 12.2 Å². The minimum atomic E-state index is -0.353. The van der Waals surface area contributed by atoms with E-state index in [1.807, 2.05) is 0 Å². The number of carbonyl (C=O) groups excluding carboxylic acids is 1. The molecule has 0 aromatic carbocycles. The molecule has 4 heteroatoms. The zero-order valence-corrected chi connectivity index (χ0v) is 20.0. The number of allylic oxidation sites excluding steroid dienone is 1. The highest BCUT2D eigenvalue weighted by Crippen LogP contribution is 2.74. The third-order valence-electron chi connectivity index (χ3n) is 10.6. The molecular weight excluding hydrogens is 376 g/mol. The van der Waals surface area contributed by atoms with Crippen LogP contribution in [0.5, 0.6) is 0 Å². The van der Waals surface area contributed by atoms with Gasteiger partial charge in [-0.3, -0.25) is 4.79 Å². The lowest BCUT2D eigenvalue weighted by molar-refractivity contribution is -0.234. The first-order chi connectivity index (χ1) is 13.9. The third-order valence-corrected chi connectivity index (χ3v) is 10.6. The molecule has 0 aromatic rings. The second-order valence-electron chi connectivity index (χ2n) is 12.0. The molecule has 0 amide bonds. The van der Waals surface area contributed by atoms with Gasteiger partial charge in [-0.2, -0.15) is 0 Å². The minimum absolute atomic E-state index is 0.00308. The van der Waals surface area contributed by atoms with Gasteiger partial charge in [0.25, 0.3) is 0 Å². The summed E-state index contributed by atoms with van der Waals surface area (Å²) >= 11 is 0. The molecule has 0 radical (unpaired) electrons. The Kier molecular flexibility index (Phi) is 5.26. The Bertz CT molecular complexity index is 754. The highest BCUT2D eigenvalue weighted by Gasteiger charge is 2.70. The number of carbonyl (C=O) groups is 1. The zero-order chi connectivity index (χ0) is 22.2. The Labute approximate surface area is 182 Å². The molecule has 0 spiro atoms. The fourth-order valence-corrected chi connectivity index (χ4v) is 9.17. The lowest BCUT2D eigenvalue weighted by Gasteiger charge is -2.69. The van der Waals surface area contributed by atoms with E-state index in [-0.39, 0.29) is 58.3 Å². The number of hydrogen-bond donors (Lipinski definition) is 2. The summed E-state index contributed by atoms with van der Waals surface area (Å²) in [4.78, 5) is 11.9. The van der Waals surface area contributed by atoms with E-state index in [4.69, 9.17) is 4.74 Å². The van der Waals surface area contributed by atoms with E-state index in [1.165, 1.54) is 18.1 Å². The van der Waals surface area contributed by atoms with E-state index in [0.717, 1.165) is 38.5 Å². The summed E-state index contributed by atoms with van der Waals surface area (Å²) in [6.07, 6.45) is 4.89. The zero-order valence-electron chi connectivity index (χ0n) is 20.0. The maximum Gasteiger partial charge on any atom is 0.303 e. The quantitative estimate of drug-likeness (QED) is 0.471. The Morgan fingerprint density at radius 1 is 1.00 bits per heavy atom. The molecule has 3 unspecified atom stereocenters. The van der Waals surface area contributed by atoms with E-state index in [1.54, 1.807) is 0 Å². The molecule has 30 heavy (non-hydrogen) atoms. The van der Waals surface area contributed by atoms with E-state index in [0.29, 0.717) is 5.92 Å². The van der Waals surface area contributed by atoms with Crippen LogP contribution < -0.4 is 0 Å². The molecule has 0 heterocycles. The standard InChI is InChI=1S/C26H42O4/c1-14(2)22-18-12-20(29)23-24(5)10-9-19(28)15(3)17(24)8-11-25(23,6)26(18,7)13-21(22)30-16(4)27/h15,17-21,23,28-29H,8-13H2,1-7H3/t15-,17?,18?,19+,20+,21-,23?,24-,25-,26-/m0/s1. The fourth-order valence-electron chi connectivity index (χ4n) is 9.17. The number of hydrogen-bond acceptors (Lipinski definition) is 4. The van der Waals surface area contributed by atoms with Gasteiger partial charge in [-0.15, -0.1) is 0 Å². The van der Waals surface area contributed by atoms with Gasteiger partial charge in [-0.25, -0.2) is 0 Å². The van der Waals surface area contributed by atoms with Gasteiger partial charge in [0.15, 0.2) is 0 Å². The number of aliphatic hydroxyl groups excluding tert-OH is 2. The molecule has 170 valence electrons. The lowest BCUT2D eigenvalue weighted by atomic mass is 9.36. The number of esters is 1. The van der Waals surface area contributed by atoms with E-state index >= 15 is 0 Å². The van der Waals surface area contributed by atoms with Crippen molar-refractivity contribution in [2.45, 2.75) is 105 Å². The van der Waals surface area contributed by atoms with Crippen molar-refractivity contribution < 1.29 is 19.7 Å². The van der Waals surface area contributed by atoms with Crippen LogP contribution in [0, 0.1) is 39.9 Å². The summed E-state index contributed by atoms with van der Waals surface area (Å²) in [5, 5.41) is 22.2. The number of rotatable bonds is 1. The van der Waals surface area contributed by atoms with Crippen LogP contribution in [0.15, 0.2) is 11.1 Å². The van der Waals surface area contributed by atoms with Gasteiger partial charge in [-0.1, -0.05) is 33.3 Å². The van der Waals surface area contributed by atoms with Crippen molar-refractivity contribution in [1.29, 1.82) is 0 Å². The molecule has 2 N–H and O–H groups in total. The normalized spacial score (nSPS) is 52.8.